The van der Waals surface area contributed by atoms with Crippen LogP contribution in [0.5, 0.6) is 0 Å². The Kier molecular flexibility index (Phi) is 36.7. The molecule has 8 atom stereocenters. The van der Waals surface area contributed by atoms with E-state index >= 15 is 17.6 Å². The molecule has 1 aromatic carbocycles. The lowest BCUT2D eigenvalue weighted by molar-refractivity contribution is -0.136. The van der Waals surface area contributed by atoms with Gasteiger partial charge in [0.2, 0.25) is 47.3 Å². The zero-order valence-corrected chi connectivity index (χ0v) is 53.0. The molecule has 2 aliphatic rings. The first-order valence-corrected chi connectivity index (χ1v) is 31.2. The van der Waals surface area contributed by atoms with E-state index in [1.165, 1.54) is 6.92 Å². The molecule has 2 bridgehead atoms. The number of Topliss-reactive ketones (excluding diaryl/α,β-unsaturated/α-hetero) is 1. The monoisotopic (exact) mass is 1380 g/mol. The molecule has 1 aromatic rings. The summed E-state index contributed by atoms with van der Waals surface area (Å²) in [6.45, 7) is 0.468. The molecule has 0 saturated heterocycles. The molecule has 34 N–H and O–H groups in total. The highest BCUT2D eigenvalue weighted by atomic mass is 32.2. The second-order valence-electron chi connectivity index (χ2n) is 21.0. The predicted molar refractivity (Wildman–Crippen MR) is 339 cm³/mol. The molecule has 8 amide bonds. The van der Waals surface area contributed by atoms with Crippen molar-refractivity contribution in [3.8, 4) is 0 Å². The molecule has 526 valence electrons. The maximum Gasteiger partial charge on any atom is 0.244 e. The summed E-state index contributed by atoms with van der Waals surface area (Å²) in [5.41, 5.74) is 34.3. The van der Waals surface area contributed by atoms with Crippen molar-refractivity contribution in [2.24, 2.45) is 34.4 Å². The summed E-state index contributed by atoms with van der Waals surface area (Å²) in [7, 11) is 0. The smallest absolute Gasteiger partial charge is 0.244 e. The number of thioether (sulfide) groups is 2. The highest BCUT2D eigenvalue weighted by Gasteiger charge is 2.37. The number of halogens is 4. The Balaban J connectivity index is 2.93. The molecule has 0 fully saturated rings. The molecule has 0 radical (unpaired) electrons. The van der Waals surface area contributed by atoms with E-state index < -0.39 is 188 Å². The second kappa shape index (κ2) is 42.7. The van der Waals surface area contributed by atoms with Gasteiger partial charge in [0, 0.05) is 50.8 Å². The summed E-state index contributed by atoms with van der Waals surface area (Å²) in [6, 6.07) is -13.7. The van der Waals surface area contributed by atoms with Crippen LogP contribution in [-0.2, 0) is 43.2 Å². The van der Waals surface area contributed by atoms with Gasteiger partial charge in [-0.25, -0.2) is 17.6 Å². The molecule has 0 saturated carbocycles. The molecule has 37 nitrogen and oxygen atoms in total. The highest BCUT2D eigenvalue weighted by molar-refractivity contribution is 7.99. The van der Waals surface area contributed by atoms with E-state index in [1.54, 1.807) is 5.48 Å². The third kappa shape index (κ3) is 30.8. The minimum atomic E-state index is -2.12. The van der Waals surface area contributed by atoms with Crippen molar-refractivity contribution in [3.05, 3.63) is 23.3 Å². The average Bonchev–Trinajstić information content (AvgIpc) is 0.814. The first-order valence-electron chi connectivity index (χ1n) is 29.2. The van der Waals surface area contributed by atoms with E-state index in [0.717, 1.165) is 0 Å². The summed E-state index contributed by atoms with van der Waals surface area (Å²) < 4.78 is 64.6. The number of guanidine groups is 6. The number of benzene rings is 1. The highest BCUT2D eigenvalue weighted by Crippen LogP contribution is 2.36. The number of nitrogens with one attached hydrogen (secondary N) is 21. The molecule has 8 unspecified atom stereocenters. The number of rotatable bonds is 34. The van der Waals surface area contributed by atoms with E-state index in [2.05, 4.69) is 74.4 Å². The van der Waals surface area contributed by atoms with Crippen LogP contribution < -0.4 is 114 Å². The van der Waals surface area contributed by atoms with Crippen molar-refractivity contribution in [1.29, 1.82) is 32.5 Å². The van der Waals surface area contributed by atoms with Gasteiger partial charge in [0.1, 0.15) is 54.1 Å². The van der Waals surface area contributed by atoms with E-state index in [1.807, 2.05) is 0 Å². The zero-order chi connectivity index (χ0) is 70.6. The predicted octanol–water partition coefficient (Wildman–Crippen LogP) is -6.53. The normalized spacial score (nSPS) is 18.0. The minimum Gasteiger partial charge on any atom is -0.370 e. The number of hydroxylamine groups is 1. The van der Waals surface area contributed by atoms with Gasteiger partial charge in [0.05, 0.1) is 16.3 Å². The SMILES string of the molecule is CC(=O)CNC(=O)C(CCCNC(=N)N)NC(=O)C(CCCNC(=N)N)NC(=O)C(CCCNC(=N)N)NC(=O)C1CSc2c(F)c(F)c(c(F)c2F)SCC(NO)C(=O)NC(CCCNC(=N)N)C(=O)NC(CCCNC(=N)N)C(=O)NC(CCCNC(=N)N)C(=O)N1. The molecule has 43 heteroatoms. The Morgan fingerprint density at radius 3 is 1.12 bits per heavy atom. The molecule has 0 aromatic heterocycles. The number of ketones is 1. The molecular weight excluding hydrogens is 1290 g/mol. The second-order valence-corrected chi connectivity index (χ2v) is 23.0. The number of hydrogen-bond donors (Lipinski definition) is 28. The van der Waals surface area contributed by atoms with Crippen LogP contribution in [0.2, 0.25) is 0 Å². The molecule has 3 rings (SSSR count). The Labute approximate surface area is 545 Å². The van der Waals surface area contributed by atoms with Crippen molar-refractivity contribution in [2.75, 3.05) is 57.3 Å². The van der Waals surface area contributed by atoms with Crippen LogP contribution in [0.4, 0.5) is 17.6 Å². The molecule has 94 heavy (non-hydrogen) atoms. The number of amides is 8. The van der Waals surface area contributed by atoms with Crippen molar-refractivity contribution in [3.63, 3.8) is 0 Å². The van der Waals surface area contributed by atoms with Gasteiger partial charge in [-0.15, -0.1) is 23.5 Å². The fraction of sp³-hybridized carbons (Fsp3) is 0.588. The fourth-order valence-corrected chi connectivity index (χ4v) is 10.6. The molecule has 2 aliphatic heterocycles. The number of nitrogens with two attached hydrogens (primary N) is 6. The Hall–Kier alpha value is -9.39. The maximum absolute atomic E-state index is 16.2. The lowest BCUT2D eigenvalue weighted by Gasteiger charge is -2.28. The molecular formula is C51H87F4N27O10S2. The van der Waals surface area contributed by atoms with E-state index in [-0.39, 0.29) is 140 Å². The molecule has 2 heterocycles. The third-order valence-corrected chi connectivity index (χ3v) is 15.6. The fourth-order valence-electron chi connectivity index (χ4n) is 8.56. The minimum absolute atomic E-state index is 0.00609. The molecule has 0 aliphatic carbocycles. The summed E-state index contributed by atoms with van der Waals surface area (Å²) in [5, 5.41) is 90.1. The van der Waals surface area contributed by atoms with E-state index in [0.29, 0.717) is 0 Å². The van der Waals surface area contributed by atoms with Gasteiger partial charge < -0.3 is 114 Å². The van der Waals surface area contributed by atoms with Gasteiger partial charge in [0.25, 0.3) is 0 Å². The van der Waals surface area contributed by atoms with Crippen molar-refractivity contribution in [1.82, 2.24) is 79.9 Å². The van der Waals surface area contributed by atoms with Crippen molar-refractivity contribution < 1.29 is 65.9 Å². The lowest BCUT2D eigenvalue weighted by atomic mass is 10.0. The number of carbonyl (C=O) groups excluding carboxylic acids is 9. The van der Waals surface area contributed by atoms with E-state index in [4.69, 9.17) is 66.9 Å². The largest absolute Gasteiger partial charge is 0.370 e. The quantitative estimate of drug-likeness (QED) is 0.00580. The van der Waals surface area contributed by atoms with Crippen LogP contribution in [-0.4, -0.2) is 200 Å². The Bertz CT molecular complexity index is 2840. The Morgan fingerprint density at radius 1 is 0.468 bits per heavy atom. The summed E-state index contributed by atoms with van der Waals surface area (Å²) in [5.74, 6) is -22.1. The third-order valence-electron chi connectivity index (χ3n) is 13.3. The van der Waals surface area contributed by atoms with E-state index in [9.17, 15) is 48.4 Å². The lowest BCUT2D eigenvalue weighted by Crippen LogP contribution is -2.61. The standard InChI is InChI=1S/C51H87F4N27O10S2/c1-23(83)20-74-38(84)24(8-2-14-68-46(56)57)75-39(85)25(9-3-15-69-47(58)59)76-41(87)27(11-5-17-71-49(62)63)79-44(90)30-21-93-36-32(52)34(54)37(35(55)33(36)53)94-22-31(82-92)45(91)80-28(12-6-18-72-50(64)65)42(88)77-26(10-4-16-70-48(60)61)40(86)78-29(43(89)81-30)13-7-19-73-51(66)67/h24-31,82,92H,2-22H2,1H3,(H,74,84)(H,75,85)(H,76,87)(H,77,88)(H,78,86)(H,79,90)(H,80,91)(H,81,89)(H4,56,57,68)(H4,58,59,69)(H4,60,61,70)(H4,62,63,71)(H4,64,65,72)(H4,66,67,73). The van der Waals surface area contributed by atoms with Gasteiger partial charge in [-0.3, -0.25) is 75.6 Å². The van der Waals surface area contributed by atoms with Gasteiger partial charge in [-0.2, -0.15) is 5.48 Å². The summed E-state index contributed by atoms with van der Waals surface area (Å²) in [4.78, 5) is 123. The van der Waals surface area contributed by atoms with Gasteiger partial charge in [0.15, 0.2) is 59.0 Å². The van der Waals surface area contributed by atoms with Crippen LogP contribution in [0, 0.1) is 55.7 Å². The zero-order valence-electron chi connectivity index (χ0n) is 51.4. The topological polar surface area (TPSA) is 654 Å². The van der Waals surface area contributed by atoms with Crippen LogP contribution in [0.25, 0.3) is 0 Å². The van der Waals surface area contributed by atoms with Crippen LogP contribution in [0.1, 0.15) is 84.0 Å². The van der Waals surface area contributed by atoms with Gasteiger partial charge in [-0.1, -0.05) is 0 Å². The van der Waals surface area contributed by atoms with Gasteiger partial charge in [-0.05, 0) is 84.0 Å². The summed E-state index contributed by atoms with van der Waals surface area (Å²) >= 11 is -0.0277. The maximum atomic E-state index is 16.2. The van der Waals surface area contributed by atoms with Gasteiger partial charge >= 0.3 is 0 Å². The van der Waals surface area contributed by atoms with Crippen LogP contribution in [0.3, 0.4) is 0 Å². The summed E-state index contributed by atoms with van der Waals surface area (Å²) in [6.07, 6.45) is -1.74. The number of hydrogen-bond acceptors (Lipinski definition) is 19. The van der Waals surface area contributed by atoms with Crippen LogP contribution >= 0.6 is 23.5 Å². The average molecular weight is 1380 g/mol. The van der Waals surface area contributed by atoms with Crippen molar-refractivity contribution >= 4 is 112 Å². The molecule has 0 spiro atoms. The first kappa shape index (κ1) is 80.7. The Morgan fingerprint density at radius 2 is 0.777 bits per heavy atom. The first-order chi connectivity index (χ1) is 44.4. The van der Waals surface area contributed by atoms with Crippen molar-refractivity contribution in [2.45, 2.75) is 142 Å². The van der Waals surface area contributed by atoms with Crippen LogP contribution in [0.15, 0.2) is 9.79 Å². The number of fused-ring (bicyclic) bond motifs is 18. The number of carbonyl (C=O) groups is 9.